The fourth-order valence-corrected chi connectivity index (χ4v) is 4.25. The average Bonchev–Trinajstić information content (AvgIpc) is 2.91. The van der Waals surface area contributed by atoms with Gasteiger partial charge in [-0.1, -0.05) is 36.4 Å². The zero-order valence-electron chi connectivity index (χ0n) is 20.3. The van der Waals surface area contributed by atoms with Gasteiger partial charge in [-0.15, -0.1) is 0 Å². The van der Waals surface area contributed by atoms with E-state index in [1.54, 1.807) is 17.3 Å². The molecule has 0 N–H and O–H groups in total. The first-order valence-electron chi connectivity index (χ1n) is 12.1. The van der Waals surface area contributed by atoms with Gasteiger partial charge in [-0.3, -0.25) is 14.8 Å². The fraction of sp³-hybridized carbons (Fsp3) is 0.241. The highest BCUT2D eigenvalue weighted by atomic mass is 16.5. The van der Waals surface area contributed by atoms with E-state index in [1.807, 2.05) is 37.4 Å². The third-order valence-corrected chi connectivity index (χ3v) is 6.09. The largest absolute Gasteiger partial charge is 0.491 e. The minimum absolute atomic E-state index is 0.161. The van der Waals surface area contributed by atoms with Crippen molar-refractivity contribution in [1.29, 1.82) is 0 Å². The molecule has 0 saturated heterocycles. The summed E-state index contributed by atoms with van der Waals surface area (Å²) in [6.45, 7) is 4.02. The molecule has 2 aromatic carbocycles. The van der Waals surface area contributed by atoms with Gasteiger partial charge in [0.1, 0.15) is 18.1 Å². The number of fused-ring (bicyclic) bond motifs is 3. The number of hydrogen-bond acceptors (Lipinski definition) is 6. The Morgan fingerprint density at radius 1 is 0.889 bits per heavy atom. The van der Waals surface area contributed by atoms with Crippen LogP contribution in [-0.2, 0) is 17.7 Å². The van der Waals surface area contributed by atoms with Crippen LogP contribution in [0.15, 0.2) is 79.4 Å². The first-order valence-corrected chi connectivity index (χ1v) is 12.1. The van der Waals surface area contributed by atoms with E-state index in [0.717, 1.165) is 39.3 Å². The molecule has 0 atom stereocenters. The maximum Gasteiger partial charge on any atom is 0.274 e. The van der Waals surface area contributed by atoms with E-state index in [-0.39, 0.29) is 5.91 Å². The Morgan fingerprint density at radius 3 is 2.64 bits per heavy atom. The van der Waals surface area contributed by atoms with Crippen LogP contribution in [-0.4, -0.2) is 52.1 Å². The van der Waals surface area contributed by atoms with Gasteiger partial charge in [0.25, 0.3) is 5.91 Å². The monoisotopic (exact) mass is 480 g/mol. The second kappa shape index (κ2) is 11.1. The molecule has 0 spiro atoms. The Morgan fingerprint density at radius 2 is 1.81 bits per heavy atom. The molecule has 3 heterocycles. The molecule has 5 rings (SSSR count). The van der Waals surface area contributed by atoms with Crippen LogP contribution in [0, 0.1) is 6.92 Å². The van der Waals surface area contributed by atoms with Gasteiger partial charge in [-0.25, -0.2) is 4.98 Å². The summed E-state index contributed by atoms with van der Waals surface area (Å²) >= 11 is 0. The lowest BCUT2D eigenvalue weighted by Crippen LogP contribution is -2.34. The van der Waals surface area contributed by atoms with Crippen LogP contribution in [0.4, 0.5) is 0 Å². The zero-order chi connectivity index (χ0) is 24.7. The van der Waals surface area contributed by atoms with Crippen LogP contribution in [0.1, 0.15) is 32.9 Å². The second-order valence-electron chi connectivity index (χ2n) is 8.79. The molecule has 0 saturated carbocycles. The van der Waals surface area contributed by atoms with Gasteiger partial charge < -0.3 is 14.4 Å². The van der Waals surface area contributed by atoms with Crippen molar-refractivity contribution in [3.63, 3.8) is 0 Å². The average molecular weight is 481 g/mol. The number of aromatic nitrogens is 3. The summed E-state index contributed by atoms with van der Waals surface area (Å²) in [6.07, 6.45) is 7.49. The number of amides is 1. The Balaban J connectivity index is 1.44. The molecule has 1 aliphatic heterocycles. The Labute approximate surface area is 210 Å². The van der Waals surface area contributed by atoms with Gasteiger partial charge in [0.15, 0.2) is 0 Å². The summed E-state index contributed by atoms with van der Waals surface area (Å²) in [6, 6.07) is 18.6. The minimum atomic E-state index is -0.161. The van der Waals surface area contributed by atoms with Crippen LogP contribution in [0.2, 0.25) is 0 Å². The molecule has 0 fully saturated rings. The lowest BCUT2D eigenvalue weighted by molar-refractivity contribution is 0.0566. The van der Waals surface area contributed by atoms with Gasteiger partial charge in [-0.05, 0) is 47.4 Å². The van der Waals surface area contributed by atoms with Gasteiger partial charge in [0.05, 0.1) is 25.1 Å². The molecular formula is C29H28N4O3. The quantitative estimate of drug-likeness (QED) is 0.421. The molecule has 0 radical (unpaired) electrons. The molecule has 182 valence electrons. The zero-order valence-corrected chi connectivity index (χ0v) is 20.3. The summed E-state index contributed by atoms with van der Waals surface area (Å²) in [5, 5.41) is 0. The Bertz CT molecular complexity index is 1330. The number of rotatable bonds is 2. The van der Waals surface area contributed by atoms with E-state index in [2.05, 4.69) is 45.3 Å². The lowest BCUT2D eigenvalue weighted by Gasteiger charge is -2.23. The van der Waals surface area contributed by atoms with Crippen LogP contribution >= 0.6 is 0 Å². The molecule has 1 amide bonds. The molecular weight excluding hydrogens is 452 g/mol. The number of aryl methyl sites for hydroxylation is 1. The number of benzene rings is 2. The molecule has 0 unspecified atom stereocenters. The van der Waals surface area contributed by atoms with Crippen molar-refractivity contribution in [3.05, 3.63) is 107 Å². The van der Waals surface area contributed by atoms with Gasteiger partial charge >= 0.3 is 0 Å². The van der Waals surface area contributed by atoms with Crippen molar-refractivity contribution >= 4 is 5.91 Å². The lowest BCUT2D eigenvalue weighted by atomic mass is 9.98. The number of ether oxygens (including phenoxy) is 2. The third-order valence-electron chi connectivity index (χ3n) is 6.09. The summed E-state index contributed by atoms with van der Waals surface area (Å²) < 4.78 is 11.9. The van der Waals surface area contributed by atoms with E-state index >= 15 is 0 Å². The van der Waals surface area contributed by atoms with Gasteiger partial charge in [-0.2, -0.15) is 0 Å². The van der Waals surface area contributed by atoms with Crippen molar-refractivity contribution in [2.45, 2.75) is 19.9 Å². The van der Waals surface area contributed by atoms with E-state index in [4.69, 9.17) is 9.47 Å². The van der Waals surface area contributed by atoms with Crippen LogP contribution < -0.4 is 4.74 Å². The molecule has 7 heteroatoms. The summed E-state index contributed by atoms with van der Waals surface area (Å²) in [5.41, 5.74) is 6.54. The van der Waals surface area contributed by atoms with E-state index in [1.165, 1.54) is 6.20 Å². The number of carbonyl (C=O) groups excluding carboxylic acids is 1. The second-order valence-corrected chi connectivity index (χ2v) is 8.79. The minimum Gasteiger partial charge on any atom is -0.491 e. The molecule has 7 nitrogen and oxygen atoms in total. The molecule has 1 aliphatic rings. The predicted molar refractivity (Wildman–Crippen MR) is 137 cm³/mol. The maximum absolute atomic E-state index is 13.2. The third kappa shape index (κ3) is 5.75. The van der Waals surface area contributed by atoms with Gasteiger partial charge in [0.2, 0.25) is 0 Å². The smallest absolute Gasteiger partial charge is 0.274 e. The van der Waals surface area contributed by atoms with Crippen molar-refractivity contribution < 1.29 is 14.3 Å². The van der Waals surface area contributed by atoms with Crippen molar-refractivity contribution in [1.82, 2.24) is 19.9 Å². The van der Waals surface area contributed by atoms with Crippen molar-refractivity contribution in [2.24, 2.45) is 0 Å². The summed E-state index contributed by atoms with van der Waals surface area (Å²) in [5.74, 6) is 0.690. The first-order chi connectivity index (χ1) is 17.7. The first kappa shape index (κ1) is 23.6. The summed E-state index contributed by atoms with van der Waals surface area (Å²) in [7, 11) is 0. The fourth-order valence-electron chi connectivity index (χ4n) is 4.25. The number of hydrogen-bond donors (Lipinski definition) is 0. The van der Waals surface area contributed by atoms with Crippen molar-refractivity contribution in [3.8, 4) is 16.9 Å². The topological polar surface area (TPSA) is 77.4 Å². The summed E-state index contributed by atoms with van der Waals surface area (Å²) in [4.78, 5) is 27.8. The van der Waals surface area contributed by atoms with Crippen LogP contribution in [0.25, 0.3) is 11.1 Å². The van der Waals surface area contributed by atoms with Gasteiger partial charge in [0, 0.05) is 43.7 Å². The standard InChI is InChI=1S/C29H28N4O3/c1-21-17-32-27(19-31-21)29(34)33-10-11-35-12-13-36-28-8-7-24(25-6-3-9-30-18-25)16-26(28)15-22-4-2-5-23(14-22)20-33/h2-9,14,16-19H,10-13,15,20H2,1H3. The maximum atomic E-state index is 13.2. The highest BCUT2D eigenvalue weighted by Gasteiger charge is 2.19. The van der Waals surface area contributed by atoms with Crippen molar-refractivity contribution in [2.75, 3.05) is 26.4 Å². The van der Waals surface area contributed by atoms with E-state index in [0.29, 0.717) is 45.0 Å². The SMILES string of the molecule is Cc1cnc(C(=O)N2CCOCCOc3ccc(-c4cccnc4)cc3Cc3cccc(c3)C2)cn1. The molecule has 2 aromatic heterocycles. The normalized spacial score (nSPS) is 14.3. The molecule has 0 aliphatic carbocycles. The Hall–Kier alpha value is -4.10. The number of pyridine rings is 1. The highest BCUT2D eigenvalue weighted by molar-refractivity contribution is 5.92. The van der Waals surface area contributed by atoms with Crippen LogP contribution in [0.3, 0.4) is 0 Å². The van der Waals surface area contributed by atoms with Crippen LogP contribution in [0.5, 0.6) is 5.75 Å². The number of carbonyl (C=O) groups is 1. The molecule has 4 aromatic rings. The molecule has 2 bridgehead atoms. The highest BCUT2D eigenvalue weighted by Crippen LogP contribution is 2.29. The Kier molecular flexibility index (Phi) is 7.28. The van der Waals surface area contributed by atoms with E-state index in [9.17, 15) is 4.79 Å². The number of nitrogens with zero attached hydrogens (tertiary/aromatic N) is 4. The predicted octanol–water partition coefficient (Wildman–Crippen LogP) is 4.49. The molecule has 36 heavy (non-hydrogen) atoms. The van der Waals surface area contributed by atoms with E-state index < -0.39 is 0 Å².